The number of hydrogen-bond acceptors (Lipinski definition) is 7. The zero-order chi connectivity index (χ0) is 23.0. The summed E-state index contributed by atoms with van der Waals surface area (Å²) in [6, 6.07) is 9.22. The Morgan fingerprint density at radius 3 is 2.75 bits per heavy atom. The summed E-state index contributed by atoms with van der Waals surface area (Å²) in [7, 11) is 2.73. The van der Waals surface area contributed by atoms with Crippen LogP contribution in [0.15, 0.2) is 44.5 Å². The number of aliphatic hydroxyl groups is 1. The molecule has 1 fully saturated rings. The maximum absolute atomic E-state index is 13.7. The number of rotatable bonds is 6. The van der Waals surface area contributed by atoms with Gasteiger partial charge in [0.05, 0.1) is 19.9 Å². The molecule has 0 saturated carbocycles. The summed E-state index contributed by atoms with van der Waals surface area (Å²) in [5.74, 6) is 0.494. The van der Waals surface area contributed by atoms with Crippen LogP contribution in [0.2, 0.25) is 0 Å². The first-order valence-corrected chi connectivity index (χ1v) is 11.8. The molecule has 2 aromatic rings. The van der Waals surface area contributed by atoms with E-state index in [-0.39, 0.29) is 18.4 Å². The largest absolute Gasteiger partial charge is 0.391 e. The average Bonchev–Trinajstić information content (AvgIpc) is 3.47. The number of amides is 1. The van der Waals surface area contributed by atoms with E-state index in [1.165, 1.54) is 0 Å². The van der Waals surface area contributed by atoms with Crippen LogP contribution in [0.5, 0.6) is 0 Å². The van der Waals surface area contributed by atoms with Crippen LogP contribution in [0, 0.1) is 5.92 Å². The molecule has 0 aliphatic carbocycles. The topological polar surface area (TPSA) is 100 Å². The maximum Gasteiger partial charge on any atom is 0.234 e. The molecule has 0 radical (unpaired) electrons. The summed E-state index contributed by atoms with van der Waals surface area (Å²) in [5, 5.41) is 22.1. The number of carbonyl (C=O) groups excluding carboxylic acids is 1. The smallest absolute Gasteiger partial charge is 0.234 e. The van der Waals surface area contributed by atoms with Gasteiger partial charge >= 0.3 is 0 Å². The summed E-state index contributed by atoms with van der Waals surface area (Å²) in [4.78, 5) is 21.1. The molecule has 4 atom stereocenters. The highest BCUT2D eigenvalue weighted by Gasteiger charge is 2.46. The van der Waals surface area contributed by atoms with Gasteiger partial charge in [-0.3, -0.25) is 4.79 Å². The van der Waals surface area contributed by atoms with Crippen molar-refractivity contribution in [3.8, 4) is 0 Å². The van der Waals surface area contributed by atoms with Gasteiger partial charge in [0.25, 0.3) is 0 Å². The van der Waals surface area contributed by atoms with Crippen LogP contribution >= 0.6 is 15.9 Å². The second-order valence-corrected chi connectivity index (χ2v) is 9.84. The molecule has 0 spiro atoms. The van der Waals surface area contributed by atoms with Crippen LogP contribution in [-0.2, 0) is 15.4 Å². The highest BCUT2D eigenvalue weighted by atomic mass is 79.9. The first-order chi connectivity index (χ1) is 15.2. The highest BCUT2D eigenvalue weighted by Crippen LogP contribution is 2.33. The molecule has 32 heavy (non-hydrogen) atoms. The summed E-state index contributed by atoms with van der Waals surface area (Å²) in [6.45, 7) is 6.09. The van der Waals surface area contributed by atoms with Crippen molar-refractivity contribution in [3.05, 3.63) is 46.1 Å². The fourth-order valence-electron chi connectivity index (χ4n) is 4.34. The number of oxime groups is 1. The van der Waals surface area contributed by atoms with Crippen molar-refractivity contribution in [2.45, 2.75) is 51.0 Å². The molecule has 3 heterocycles. The number of nitrogens with zero attached hydrogens (tertiary/aromatic N) is 3. The molecular weight excluding hydrogens is 474 g/mol. The molecular formula is C21H27B2BrN4O4. The van der Waals surface area contributed by atoms with Gasteiger partial charge in [0.2, 0.25) is 11.6 Å². The van der Waals surface area contributed by atoms with Crippen molar-refractivity contribution in [2.75, 3.05) is 6.54 Å². The summed E-state index contributed by atoms with van der Waals surface area (Å²) in [6.07, 6.45) is -0.250. The maximum atomic E-state index is 13.7. The van der Waals surface area contributed by atoms with E-state index in [4.69, 9.17) is 9.36 Å². The van der Waals surface area contributed by atoms with E-state index in [0.29, 0.717) is 18.0 Å². The Hall–Kier alpha value is -2.26. The van der Waals surface area contributed by atoms with Gasteiger partial charge in [0, 0.05) is 35.5 Å². The van der Waals surface area contributed by atoms with E-state index in [1.54, 1.807) is 4.90 Å². The molecule has 2 aliphatic rings. The number of likely N-dealkylation sites (tertiary alicyclic amines) is 1. The van der Waals surface area contributed by atoms with Crippen LogP contribution in [0.4, 0.5) is 0 Å². The third kappa shape index (κ3) is 4.32. The van der Waals surface area contributed by atoms with Crippen molar-refractivity contribution in [1.82, 2.24) is 15.4 Å². The molecule has 1 amide bonds. The van der Waals surface area contributed by atoms with Crippen molar-refractivity contribution < 1.29 is 19.3 Å². The summed E-state index contributed by atoms with van der Waals surface area (Å²) < 4.78 is 6.48. The molecule has 1 saturated heterocycles. The van der Waals surface area contributed by atoms with Crippen LogP contribution < -0.4 is 10.9 Å². The lowest BCUT2D eigenvalue weighted by molar-refractivity contribution is -0.134. The highest BCUT2D eigenvalue weighted by molar-refractivity contribution is 9.10. The predicted molar refractivity (Wildman–Crippen MR) is 129 cm³/mol. The number of aliphatic hydroxyl groups excluding tert-OH is 1. The lowest BCUT2D eigenvalue weighted by Crippen LogP contribution is -2.50. The predicted octanol–water partition coefficient (Wildman–Crippen LogP) is 0.555. The fourth-order valence-corrected chi connectivity index (χ4v) is 4.60. The molecule has 168 valence electrons. The van der Waals surface area contributed by atoms with E-state index >= 15 is 0 Å². The van der Waals surface area contributed by atoms with Crippen LogP contribution in [0.25, 0.3) is 0 Å². The molecule has 2 unspecified atom stereocenters. The normalized spacial score (nSPS) is 25.9. The minimum absolute atomic E-state index is 0.00121. The zero-order valence-corrected chi connectivity index (χ0v) is 20.3. The molecule has 8 nitrogen and oxygen atoms in total. The van der Waals surface area contributed by atoms with Gasteiger partial charge in [-0.1, -0.05) is 52.2 Å². The molecule has 1 aromatic carbocycles. The number of β-amino-alcohol motifs (C(OH)–C–C–N with tert-alkyl or cyclic N) is 1. The van der Waals surface area contributed by atoms with E-state index in [1.807, 2.05) is 58.8 Å². The van der Waals surface area contributed by atoms with Crippen molar-refractivity contribution in [1.29, 1.82) is 0 Å². The van der Waals surface area contributed by atoms with Crippen molar-refractivity contribution in [2.24, 2.45) is 11.1 Å². The fraction of sp³-hybridized carbons (Fsp3) is 0.476. The number of aromatic nitrogens is 1. The van der Waals surface area contributed by atoms with E-state index < -0.39 is 23.8 Å². The van der Waals surface area contributed by atoms with Gasteiger partial charge in [-0.25, -0.2) is 0 Å². The lowest BCUT2D eigenvalue weighted by atomic mass is 9.53. The Kier molecular flexibility index (Phi) is 6.40. The summed E-state index contributed by atoms with van der Waals surface area (Å²) in [5.41, 5.74) is 0.873. The molecule has 1 aromatic heterocycles. The van der Waals surface area contributed by atoms with Crippen molar-refractivity contribution >= 4 is 48.2 Å². The van der Waals surface area contributed by atoms with E-state index in [9.17, 15) is 9.90 Å². The Morgan fingerprint density at radius 2 is 2.12 bits per heavy atom. The standard InChI is InChI=1S/C21H27B2BrN4O4/c1-11(2)18(16-9-17(23-22)26-31-16)20(30)28-10-14(29)8-15(28)19-25-21(3,32-27-19)12-4-6-13(24)7-5-12/h4-7,9,11,14-15,18,23,29H,8,10,22H2,1-3H3,(H,25,27)/t14-,15+,18?,21?/m1/s1. The third-order valence-corrected chi connectivity index (χ3v) is 6.67. The zero-order valence-electron chi connectivity index (χ0n) is 18.7. The first-order valence-electron chi connectivity index (χ1n) is 11.0. The monoisotopic (exact) mass is 500 g/mol. The Morgan fingerprint density at radius 1 is 1.41 bits per heavy atom. The number of hydrogen-bond donors (Lipinski definition) is 2. The number of halogens is 1. The molecule has 2 aliphatic heterocycles. The van der Waals surface area contributed by atoms with Gasteiger partial charge in [0.15, 0.2) is 5.84 Å². The number of carbonyl (C=O) groups is 1. The molecule has 11 heteroatoms. The van der Waals surface area contributed by atoms with Gasteiger partial charge < -0.3 is 24.7 Å². The minimum atomic E-state index is -0.850. The second kappa shape index (κ2) is 8.94. The molecule has 4 rings (SSSR count). The quantitative estimate of drug-likeness (QED) is 0.562. The first kappa shape index (κ1) is 22.9. The average molecular weight is 501 g/mol. The van der Waals surface area contributed by atoms with Gasteiger partial charge in [0.1, 0.15) is 18.8 Å². The van der Waals surface area contributed by atoms with E-state index in [2.05, 4.69) is 31.6 Å². The Balaban J connectivity index is 1.56. The van der Waals surface area contributed by atoms with Gasteiger partial charge in [-0.15, -0.1) is 0 Å². The van der Waals surface area contributed by atoms with Crippen LogP contribution in [0.3, 0.4) is 0 Å². The molecule has 2 N–H and O–H groups in total. The number of benzene rings is 1. The van der Waals surface area contributed by atoms with E-state index in [0.717, 1.165) is 22.8 Å². The SMILES string of the molecule is BBc1cc(C(C(=O)N2C[C@H](O)C[C@H]2C2=NOC(C)(c3ccc(Br)cc3)N2)C(C)C)on1. The number of amidine groups is 1. The third-order valence-electron chi connectivity index (χ3n) is 6.14. The summed E-state index contributed by atoms with van der Waals surface area (Å²) >= 11 is 3.44. The Labute approximate surface area is 197 Å². The second-order valence-electron chi connectivity index (χ2n) is 8.92. The van der Waals surface area contributed by atoms with Crippen molar-refractivity contribution in [3.63, 3.8) is 0 Å². The Bertz CT molecular complexity index is 1020. The van der Waals surface area contributed by atoms with Crippen LogP contribution in [-0.4, -0.2) is 60.5 Å². The number of nitrogens with one attached hydrogen (secondary N) is 1. The van der Waals surface area contributed by atoms with Gasteiger partial charge in [-0.05, 0) is 24.1 Å². The lowest BCUT2D eigenvalue weighted by Gasteiger charge is -2.30. The van der Waals surface area contributed by atoms with Gasteiger partial charge in [-0.2, -0.15) is 0 Å². The molecule has 0 bridgehead atoms. The van der Waals surface area contributed by atoms with Crippen LogP contribution in [0.1, 0.15) is 44.4 Å². The minimum Gasteiger partial charge on any atom is -0.391 e.